The molecule has 8 nitrogen and oxygen atoms in total. The van der Waals surface area contributed by atoms with E-state index >= 15 is 0 Å². The Bertz CT molecular complexity index is 768. The molecule has 1 aromatic rings. The van der Waals surface area contributed by atoms with E-state index in [1.54, 1.807) is 13.8 Å². The number of ketones is 1. The van der Waals surface area contributed by atoms with Gasteiger partial charge in [-0.1, -0.05) is 26.8 Å². The molecular formula is C17H20N2O6. The van der Waals surface area contributed by atoms with Gasteiger partial charge in [0.05, 0.1) is 16.5 Å². The summed E-state index contributed by atoms with van der Waals surface area (Å²) in [5, 5.41) is 30.9. The SMILES string of the molecule is CCCN1C(=O)C(O)=C(C(=O)C(C)C)C1c1ccc(O)c([N+](=O)[O-])c1. The number of phenols is 1. The Morgan fingerprint density at radius 3 is 2.52 bits per heavy atom. The third-order valence-corrected chi connectivity index (χ3v) is 4.07. The van der Waals surface area contributed by atoms with Crippen LogP contribution in [0.1, 0.15) is 38.8 Å². The average Bonchev–Trinajstić information content (AvgIpc) is 2.79. The van der Waals surface area contributed by atoms with Crippen molar-refractivity contribution < 1.29 is 24.7 Å². The van der Waals surface area contributed by atoms with Crippen molar-refractivity contribution in [2.75, 3.05) is 6.54 Å². The summed E-state index contributed by atoms with van der Waals surface area (Å²) >= 11 is 0. The predicted octanol–water partition coefficient (Wildman–Crippen LogP) is 2.63. The second-order valence-electron chi connectivity index (χ2n) is 6.19. The lowest BCUT2D eigenvalue weighted by atomic mass is 9.91. The highest BCUT2D eigenvalue weighted by Crippen LogP contribution is 2.41. The molecule has 134 valence electrons. The van der Waals surface area contributed by atoms with Gasteiger partial charge in [-0.25, -0.2) is 0 Å². The van der Waals surface area contributed by atoms with Crippen LogP contribution in [-0.4, -0.2) is 38.3 Å². The van der Waals surface area contributed by atoms with Crippen LogP contribution < -0.4 is 0 Å². The minimum absolute atomic E-state index is 0.0616. The molecule has 0 aliphatic carbocycles. The number of aliphatic hydroxyl groups is 1. The Hall–Kier alpha value is -2.90. The predicted molar refractivity (Wildman–Crippen MR) is 89.0 cm³/mol. The molecule has 1 heterocycles. The van der Waals surface area contributed by atoms with Crippen molar-refractivity contribution in [3.63, 3.8) is 0 Å². The Kier molecular flexibility index (Phi) is 5.10. The molecule has 0 bridgehead atoms. The number of amides is 1. The number of carbonyl (C=O) groups is 2. The van der Waals surface area contributed by atoms with Gasteiger partial charge in [0, 0.05) is 18.5 Å². The molecule has 1 atom stereocenters. The number of nitro groups is 1. The van der Waals surface area contributed by atoms with E-state index in [0.29, 0.717) is 12.0 Å². The summed E-state index contributed by atoms with van der Waals surface area (Å²) in [4.78, 5) is 36.6. The molecule has 0 aromatic heterocycles. The van der Waals surface area contributed by atoms with Crippen molar-refractivity contribution in [1.29, 1.82) is 0 Å². The zero-order valence-corrected chi connectivity index (χ0v) is 14.2. The van der Waals surface area contributed by atoms with Crippen molar-refractivity contribution in [2.24, 2.45) is 5.92 Å². The molecule has 1 aliphatic rings. The Labute approximate surface area is 144 Å². The van der Waals surface area contributed by atoms with E-state index in [2.05, 4.69) is 0 Å². The number of nitro benzene ring substituents is 1. The van der Waals surface area contributed by atoms with Gasteiger partial charge >= 0.3 is 5.69 Å². The van der Waals surface area contributed by atoms with E-state index in [1.165, 1.54) is 11.0 Å². The van der Waals surface area contributed by atoms with E-state index in [-0.39, 0.29) is 12.1 Å². The van der Waals surface area contributed by atoms with Gasteiger partial charge in [-0.15, -0.1) is 0 Å². The first-order valence-electron chi connectivity index (χ1n) is 7.96. The number of hydrogen-bond acceptors (Lipinski definition) is 6. The highest BCUT2D eigenvalue weighted by molar-refractivity contribution is 6.09. The van der Waals surface area contributed by atoms with Gasteiger partial charge in [0.15, 0.2) is 17.3 Å². The summed E-state index contributed by atoms with van der Waals surface area (Å²) in [5.41, 5.74) is -0.295. The van der Waals surface area contributed by atoms with Gasteiger partial charge in [0.25, 0.3) is 5.91 Å². The van der Waals surface area contributed by atoms with Gasteiger partial charge in [-0.3, -0.25) is 19.7 Å². The first kappa shape index (κ1) is 18.4. The summed E-state index contributed by atoms with van der Waals surface area (Å²) in [6.45, 7) is 5.40. The van der Waals surface area contributed by atoms with E-state index in [1.807, 2.05) is 6.92 Å². The van der Waals surface area contributed by atoms with Crippen LogP contribution in [0.4, 0.5) is 5.69 Å². The molecule has 8 heteroatoms. The number of phenolic OH excluding ortho intramolecular Hbond substituents is 1. The summed E-state index contributed by atoms with van der Waals surface area (Å²) in [6.07, 6.45) is 0.582. The molecule has 2 N–H and O–H groups in total. The van der Waals surface area contributed by atoms with Crippen LogP contribution in [0.15, 0.2) is 29.5 Å². The number of carbonyl (C=O) groups excluding carboxylic acids is 2. The standard InChI is InChI=1S/C17H20N2O6/c1-4-7-18-14(10-5-6-12(20)11(8-10)19(24)25)13(15(21)9(2)3)16(22)17(18)23/h5-6,8-9,14,20,22H,4,7H2,1-3H3. The molecule has 2 rings (SSSR count). The highest BCUT2D eigenvalue weighted by Gasteiger charge is 2.44. The number of hydrogen-bond donors (Lipinski definition) is 2. The van der Waals surface area contributed by atoms with Crippen molar-refractivity contribution >= 4 is 17.4 Å². The van der Waals surface area contributed by atoms with Gasteiger partial charge in [-0.05, 0) is 18.1 Å². The van der Waals surface area contributed by atoms with Crippen molar-refractivity contribution in [1.82, 2.24) is 4.90 Å². The zero-order valence-electron chi connectivity index (χ0n) is 14.2. The van der Waals surface area contributed by atoms with Gasteiger partial charge < -0.3 is 15.1 Å². The van der Waals surface area contributed by atoms with Crippen LogP contribution in [-0.2, 0) is 9.59 Å². The second kappa shape index (κ2) is 6.92. The average molecular weight is 348 g/mol. The molecule has 25 heavy (non-hydrogen) atoms. The van der Waals surface area contributed by atoms with Crippen LogP contribution in [0.5, 0.6) is 5.75 Å². The monoisotopic (exact) mass is 348 g/mol. The summed E-state index contributed by atoms with van der Waals surface area (Å²) in [6, 6.07) is 2.77. The molecule has 1 aromatic carbocycles. The summed E-state index contributed by atoms with van der Waals surface area (Å²) in [5.74, 6) is -2.66. The van der Waals surface area contributed by atoms with Crippen LogP contribution in [0, 0.1) is 16.0 Å². The first-order chi connectivity index (χ1) is 11.7. The highest BCUT2D eigenvalue weighted by atomic mass is 16.6. The van der Waals surface area contributed by atoms with Crippen molar-refractivity contribution in [3.05, 3.63) is 45.2 Å². The van der Waals surface area contributed by atoms with Crippen LogP contribution >= 0.6 is 0 Å². The Morgan fingerprint density at radius 1 is 1.36 bits per heavy atom. The number of aromatic hydroxyl groups is 1. The topological polar surface area (TPSA) is 121 Å². The molecule has 0 saturated carbocycles. The second-order valence-corrected chi connectivity index (χ2v) is 6.19. The zero-order chi connectivity index (χ0) is 18.9. The van der Waals surface area contributed by atoms with Crippen molar-refractivity contribution in [2.45, 2.75) is 33.2 Å². The minimum atomic E-state index is -0.915. The number of benzene rings is 1. The van der Waals surface area contributed by atoms with Crippen LogP contribution in [0.2, 0.25) is 0 Å². The van der Waals surface area contributed by atoms with E-state index in [0.717, 1.165) is 12.1 Å². The van der Waals surface area contributed by atoms with Gasteiger partial charge in [0.1, 0.15) is 0 Å². The smallest absolute Gasteiger partial charge is 0.311 e. The van der Waals surface area contributed by atoms with Crippen LogP contribution in [0.3, 0.4) is 0 Å². The Balaban J connectivity index is 2.64. The summed E-state index contributed by atoms with van der Waals surface area (Å²) < 4.78 is 0. The van der Waals surface area contributed by atoms with E-state index < -0.39 is 45.8 Å². The fourth-order valence-corrected chi connectivity index (χ4v) is 2.89. The number of rotatable bonds is 6. The van der Waals surface area contributed by atoms with Gasteiger partial charge in [-0.2, -0.15) is 0 Å². The number of Topliss-reactive ketones (excluding diaryl/α,β-unsaturated/α-hetero) is 1. The molecule has 0 fully saturated rings. The van der Waals surface area contributed by atoms with Crippen LogP contribution in [0.25, 0.3) is 0 Å². The molecule has 1 aliphatic heterocycles. The lowest BCUT2D eigenvalue weighted by Gasteiger charge is -2.26. The quantitative estimate of drug-likeness (QED) is 0.602. The lowest BCUT2D eigenvalue weighted by molar-refractivity contribution is -0.385. The largest absolute Gasteiger partial charge is 0.503 e. The molecule has 0 spiro atoms. The first-order valence-corrected chi connectivity index (χ1v) is 7.96. The van der Waals surface area contributed by atoms with Crippen molar-refractivity contribution in [3.8, 4) is 5.75 Å². The number of aliphatic hydroxyl groups excluding tert-OH is 1. The van der Waals surface area contributed by atoms with E-state index in [4.69, 9.17) is 0 Å². The fourth-order valence-electron chi connectivity index (χ4n) is 2.89. The Morgan fingerprint density at radius 2 is 2.00 bits per heavy atom. The maximum absolute atomic E-state index is 12.5. The fraction of sp³-hybridized carbons (Fsp3) is 0.412. The molecule has 1 amide bonds. The maximum atomic E-state index is 12.5. The lowest BCUT2D eigenvalue weighted by Crippen LogP contribution is -2.32. The third kappa shape index (κ3) is 3.19. The maximum Gasteiger partial charge on any atom is 0.311 e. The molecule has 0 radical (unpaired) electrons. The minimum Gasteiger partial charge on any atom is -0.503 e. The molecule has 0 saturated heterocycles. The molecule has 1 unspecified atom stereocenters. The molecular weight excluding hydrogens is 328 g/mol. The number of nitrogens with zero attached hydrogens (tertiary/aromatic N) is 2. The summed E-state index contributed by atoms with van der Waals surface area (Å²) in [7, 11) is 0. The normalized spacial score (nSPS) is 17.5. The van der Waals surface area contributed by atoms with Gasteiger partial charge in [0.2, 0.25) is 0 Å². The van der Waals surface area contributed by atoms with E-state index in [9.17, 15) is 29.9 Å². The third-order valence-electron chi connectivity index (χ3n) is 4.07.